The third-order valence-electron chi connectivity index (χ3n) is 1.40. The van der Waals surface area contributed by atoms with Gasteiger partial charge in [-0.3, -0.25) is 9.59 Å². The zero-order valence-electron chi connectivity index (χ0n) is 6.32. The zero-order chi connectivity index (χ0) is 10.0. The van der Waals surface area contributed by atoms with Gasteiger partial charge in [0, 0.05) is 4.47 Å². The first kappa shape index (κ1) is 10.3. The molecule has 0 unspecified atom stereocenters. The summed E-state index contributed by atoms with van der Waals surface area (Å²) in [6.45, 7) is 0. The molecule has 0 amide bonds. The summed E-state index contributed by atoms with van der Waals surface area (Å²) in [5.74, 6) is -1.05. The highest BCUT2D eigenvalue weighted by atomic mass is 79.9. The second-order valence-electron chi connectivity index (χ2n) is 2.30. The van der Waals surface area contributed by atoms with Crippen molar-refractivity contribution in [3.63, 3.8) is 0 Å². The van der Waals surface area contributed by atoms with Gasteiger partial charge in [0.25, 0.3) is 5.12 Å². The highest BCUT2D eigenvalue weighted by molar-refractivity contribution is 9.10. The standard InChI is InChI=1S/C8H5BrO3S/c9-4-1-2-5(6(10)3-4)7(11)8(12)13/h1-3,10H,(H,12,13). The van der Waals surface area contributed by atoms with E-state index < -0.39 is 10.9 Å². The first-order valence-electron chi connectivity index (χ1n) is 3.28. The maximum atomic E-state index is 11.1. The molecule has 1 aromatic rings. The third kappa shape index (κ3) is 2.32. The maximum Gasteiger partial charge on any atom is 0.257 e. The van der Waals surface area contributed by atoms with Crippen LogP contribution in [0.3, 0.4) is 0 Å². The average molecular weight is 261 g/mol. The Balaban J connectivity index is 3.16. The molecule has 0 saturated heterocycles. The number of benzene rings is 1. The minimum absolute atomic E-state index is 0.0387. The number of phenolic OH excluding ortho intramolecular Hbond substituents is 1. The van der Waals surface area contributed by atoms with Crippen molar-refractivity contribution in [3.8, 4) is 5.75 Å². The van der Waals surface area contributed by atoms with E-state index in [2.05, 4.69) is 28.6 Å². The lowest BCUT2D eigenvalue weighted by atomic mass is 10.1. The fraction of sp³-hybridized carbons (Fsp3) is 0. The van der Waals surface area contributed by atoms with E-state index in [0.717, 1.165) is 0 Å². The Morgan fingerprint density at radius 2 is 2.00 bits per heavy atom. The summed E-state index contributed by atoms with van der Waals surface area (Å²) in [7, 11) is 0. The molecular formula is C8H5BrO3S. The lowest BCUT2D eigenvalue weighted by Crippen LogP contribution is -2.07. The molecule has 1 aromatic carbocycles. The highest BCUT2D eigenvalue weighted by Crippen LogP contribution is 2.22. The van der Waals surface area contributed by atoms with Crippen LogP contribution in [0, 0.1) is 0 Å². The summed E-state index contributed by atoms with van der Waals surface area (Å²) >= 11 is 6.47. The van der Waals surface area contributed by atoms with Crippen LogP contribution < -0.4 is 0 Å². The van der Waals surface area contributed by atoms with Crippen molar-refractivity contribution in [2.75, 3.05) is 0 Å². The minimum Gasteiger partial charge on any atom is -0.507 e. The van der Waals surface area contributed by atoms with Crippen LogP contribution in [-0.4, -0.2) is 16.0 Å². The number of thiol groups is 1. The predicted octanol–water partition coefficient (Wildman–Crippen LogP) is 1.79. The summed E-state index contributed by atoms with van der Waals surface area (Å²) in [5.41, 5.74) is -0.0387. The van der Waals surface area contributed by atoms with Crippen LogP contribution in [0.4, 0.5) is 0 Å². The molecule has 68 valence electrons. The fourth-order valence-corrected chi connectivity index (χ4v) is 1.28. The second kappa shape index (κ2) is 3.93. The largest absolute Gasteiger partial charge is 0.507 e. The van der Waals surface area contributed by atoms with Crippen molar-refractivity contribution in [3.05, 3.63) is 28.2 Å². The number of Topliss-reactive ketones (excluding diaryl/α,β-unsaturated/α-hetero) is 1. The van der Waals surface area contributed by atoms with Crippen LogP contribution in [0.15, 0.2) is 22.7 Å². The quantitative estimate of drug-likeness (QED) is 0.485. The molecule has 0 aliphatic heterocycles. The molecule has 0 spiro atoms. The van der Waals surface area contributed by atoms with Crippen LogP contribution in [0.25, 0.3) is 0 Å². The fourth-order valence-electron chi connectivity index (χ4n) is 0.812. The van der Waals surface area contributed by atoms with Crippen molar-refractivity contribution in [1.29, 1.82) is 0 Å². The number of hydrogen-bond acceptors (Lipinski definition) is 3. The molecule has 0 heterocycles. The molecule has 5 heteroatoms. The highest BCUT2D eigenvalue weighted by Gasteiger charge is 2.15. The third-order valence-corrected chi connectivity index (χ3v) is 2.09. The number of hydrogen-bond donors (Lipinski definition) is 2. The SMILES string of the molecule is O=C(S)C(=O)c1ccc(Br)cc1O. The maximum absolute atomic E-state index is 11.1. The minimum atomic E-state index is -0.891. The van der Waals surface area contributed by atoms with Crippen LogP contribution in [-0.2, 0) is 4.79 Å². The van der Waals surface area contributed by atoms with Crippen molar-refractivity contribution in [2.45, 2.75) is 0 Å². The van der Waals surface area contributed by atoms with Crippen molar-refractivity contribution < 1.29 is 14.7 Å². The number of carbonyl (C=O) groups is 2. The monoisotopic (exact) mass is 260 g/mol. The number of ketones is 1. The molecule has 13 heavy (non-hydrogen) atoms. The van der Waals surface area contributed by atoms with Crippen LogP contribution >= 0.6 is 28.6 Å². The second-order valence-corrected chi connectivity index (χ2v) is 3.62. The molecule has 0 aliphatic carbocycles. The number of rotatable bonds is 2. The molecule has 0 bridgehead atoms. The van der Waals surface area contributed by atoms with Crippen LogP contribution in [0.1, 0.15) is 10.4 Å². The molecule has 3 nitrogen and oxygen atoms in total. The molecule has 0 aliphatic rings. The van der Waals surface area contributed by atoms with Gasteiger partial charge in [0.15, 0.2) is 0 Å². The Morgan fingerprint density at radius 3 is 2.46 bits per heavy atom. The summed E-state index contributed by atoms with van der Waals surface area (Å²) in [5, 5.41) is 8.38. The molecule has 0 aromatic heterocycles. The Bertz CT molecular complexity index is 376. The number of phenols is 1. The summed E-state index contributed by atoms with van der Waals surface area (Å²) in [6.07, 6.45) is 0. The van der Waals surface area contributed by atoms with E-state index in [9.17, 15) is 14.7 Å². The number of carbonyl (C=O) groups excluding carboxylic acids is 2. The normalized spacial score (nSPS) is 9.69. The summed E-state index contributed by atoms with van der Waals surface area (Å²) < 4.78 is 0.633. The Morgan fingerprint density at radius 1 is 1.38 bits per heavy atom. The van der Waals surface area contributed by atoms with Gasteiger partial charge in [0.05, 0.1) is 5.56 Å². The summed E-state index contributed by atoms with van der Waals surface area (Å²) in [4.78, 5) is 21.6. The summed E-state index contributed by atoms with van der Waals surface area (Å²) in [6, 6.07) is 4.25. The molecule has 0 atom stereocenters. The van der Waals surface area contributed by atoms with E-state index in [1.165, 1.54) is 12.1 Å². The van der Waals surface area contributed by atoms with Gasteiger partial charge < -0.3 is 5.11 Å². The number of halogens is 1. The van der Waals surface area contributed by atoms with E-state index in [1.807, 2.05) is 0 Å². The van der Waals surface area contributed by atoms with E-state index in [-0.39, 0.29) is 11.3 Å². The van der Waals surface area contributed by atoms with Gasteiger partial charge in [-0.05, 0) is 18.2 Å². The Kier molecular flexibility index (Phi) is 3.11. The molecule has 0 saturated carbocycles. The van der Waals surface area contributed by atoms with Crippen LogP contribution in [0.5, 0.6) is 5.75 Å². The molecule has 1 N–H and O–H groups in total. The van der Waals surface area contributed by atoms with Gasteiger partial charge in [-0.25, -0.2) is 0 Å². The number of aromatic hydroxyl groups is 1. The van der Waals surface area contributed by atoms with Gasteiger partial charge in [0.1, 0.15) is 5.75 Å². The first-order valence-corrected chi connectivity index (χ1v) is 4.52. The van der Waals surface area contributed by atoms with Gasteiger partial charge in [-0.2, -0.15) is 0 Å². The smallest absolute Gasteiger partial charge is 0.257 e. The lowest BCUT2D eigenvalue weighted by Gasteiger charge is -2.00. The van der Waals surface area contributed by atoms with Crippen molar-refractivity contribution in [1.82, 2.24) is 0 Å². The Labute approximate surface area is 88.3 Å². The van der Waals surface area contributed by atoms with Gasteiger partial charge in [-0.1, -0.05) is 28.6 Å². The van der Waals surface area contributed by atoms with Gasteiger partial charge in [0.2, 0.25) is 5.78 Å². The van der Waals surface area contributed by atoms with E-state index in [1.54, 1.807) is 6.07 Å². The lowest BCUT2D eigenvalue weighted by molar-refractivity contribution is -0.107. The molecular weight excluding hydrogens is 256 g/mol. The van der Waals surface area contributed by atoms with Crippen LogP contribution in [0.2, 0.25) is 0 Å². The van der Waals surface area contributed by atoms with Gasteiger partial charge >= 0.3 is 0 Å². The average Bonchev–Trinajstić information content (AvgIpc) is 2.03. The topological polar surface area (TPSA) is 54.4 Å². The Hall–Kier alpha value is -0.810. The van der Waals surface area contributed by atoms with E-state index in [4.69, 9.17) is 0 Å². The molecule has 1 rings (SSSR count). The zero-order valence-corrected chi connectivity index (χ0v) is 8.80. The predicted molar refractivity (Wildman–Crippen MR) is 54.1 cm³/mol. The molecule has 0 radical (unpaired) electrons. The van der Waals surface area contributed by atoms with E-state index >= 15 is 0 Å². The van der Waals surface area contributed by atoms with Gasteiger partial charge in [-0.15, -0.1) is 0 Å². The van der Waals surface area contributed by atoms with Crippen molar-refractivity contribution in [2.24, 2.45) is 0 Å². The van der Waals surface area contributed by atoms with Crippen molar-refractivity contribution >= 4 is 39.5 Å². The van der Waals surface area contributed by atoms with E-state index in [0.29, 0.717) is 4.47 Å². The first-order chi connectivity index (χ1) is 6.02. The molecule has 0 fully saturated rings.